The van der Waals surface area contributed by atoms with Gasteiger partial charge in [0.25, 0.3) is 5.92 Å². The number of rotatable bonds is 4. The summed E-state index contributed by atoms with van der Waals surface area (Å²) in [4.78, 5) is 1.84. The molecule has 2 N–H and O–H groups in total. The number of nitrogens with two attached hydrogens (primary N) is 1. The van der Waals surface area contributed by atoms with Gasteiger partial charge in [0.05, 0.1) is 6.54 Å². The molecule has 4 heteroatoms. The first-order valence-corrected chi connectivity index (χ1v) is 6.00. The molecule has 0 aromatic heterocycles. The maximum Gasteiger partial charge on any atom is 0.261 e. The zero-order chi connectivity index (χ0) is 12.3. The molecule has 0 unspecified atom stereocenters. The van der Waals surface area contributed by atoms with Gasteiger partial charge in [-0.3, -0.25) is 4.90 Å². The molecule has 0 spiro atoms. The topological polar surface area (TPSA) is 29.3 Å². The minimum Gasteiger partial charge on any atom is -0.399 e. The SMILES string of the molecule is Nc1ccc(CCCN2CCC(F)(F)C2)cc1. The van der Waals surface area contributed by atoms with Gasteiger partial charge in [-0.25, -0.2) is 8.78 Å². The van der Waals surface area contributed by atoms with Gasteiger partial charge in [0.1, 0.15) is 0 Å². The van der Waals surface area contributed by atoms with E-state index in [9.17, 15) is 8.78 Å². The quantitative estimate of drug-likeness (QED) is 0.819. The van der Waals surface area contributed by atoms with Crippen LogP contribution >= 0.6 is 0 Å². The lowest BCUT2D eigenvalue weighted by Gasteiger charge is -2.15. The van der Waals surface area contributed by atoms with Gasteiger partial charge >= 0.3 is 0 Å². The average Bonchev–Trinajstić information content (AvgIpc) is 2.61. The Morgan fingerprint density at radius 1 is 1.24 bits per heavy atom. The van der Waals surface area contributed by atoms with Crippen LogP contribution in [0.1, 0.15) is 18.4 Å². The molecule has 1 aliphatic heterocycles. The third-order valence-electron chi connectivity index (χ3n) is 3.17. The van der Waals surface area contributed by atoms with E-state index >= 15 is 0 Å². The standard InChI is InChI=1S/C13H18F2N2/c14-13(15)7-9-17(10-13)8-1-2-11-3-5-12(16)6-4-11/h3-6H,1-2,7-10,16H2. The van der Waals surface area contributed by atoms with E-state index in [0.29, 0.717) is 6.54 Å². The van der Waals surface area contributed by atoms with Crippen molar-refractivity contribution >= 4 is 5.69 Å². The van der Waals surface area contributed by atoms with Crippen LogP contribution in [0, 0.1) is 0 Å². The van der Waals surface area contributed by atoms with Gasteiger partial charge in [0, 0.05) is 18.7 Å². The highest BCUT2D eigenvalue weighted by atomic mass is 19.3. The predicted octanol–water partition coefficient (Wildman–Crippen LogP) is 2.54. The van der Waals surface area contributed by atoms with Crippen molar-refractivity contribution in [2.75, 3.05) is 25.4 Å². The Morgan fingerprint density at radius 3 is 2.53 bits per heavy atom. The van der Waals surface area contributed by atoms with Crippen LogP contribution in [0.5, 0.6) is 0 Å². The molecule has 0 bridgehead atoms. The number of likely N-dealkylation sites (tertiary alicyclic amines) is 1. The van der Waals surface area contributed by atoms with E-state index in [1.165, 1.54) is 5.56 Å². The molecule has 2 rings (SSSR count). The van der Waals surface area contributed by atoms with Gasteiger partial charge in [-0.05, 0) is 37.1 Å². The molecular weight excluding hydrogens is 222 g/mol. The normalized spacial score (nSPS) is 19.6. The summed E-state index contributed by atoms with van der Waals surface area (Å²) in [6.07, 6.45) is 1.84. The van der Waals surface area contributed by atoms with E-state index in [2.05, 4.69) is 0 Å². The van der Waals surface area contributed by atoms with Gasteiger partial charge < -0.3 is 5.73 Å². The summed E-state index contributed by atoms with van der Waals surface area (Å²) in [6.45, 7) is 1.20. The summed E-state index contributed by atoms with van der Waals surface area (Å²) < 4.78 is 25.9. The predicted molar refractivity (Wildman–Crippen MR) is 65.2 cm³/mol. The number of benzene rings is 1. The lowest BCUT2D eigenvalue weighted by Crippen LogP contribution is -2.26. The fourth-order valence-corrected chi connectivity index (χ4v) is 2.19. The van der Waals surface area contributed by atoms with Crippen LogP contribution in [0.2, 0.25) is 0 Å². The second kappa shape index (κ2) is 5.00. The Morgan fingerprint density at radius 2 is 1.94 bits per heavy atom. The third kappa shape index (κ3) is 3.66. The zero-order valence-corrected chi connectivity index (χ0v) is 9.83. The summed E-state index contributed by atoms with van der Waals surface area (Å²) in [5.74, 6) is -2.47. The Bertz CT molecular complexity index is 362. The summed E-state index contributed by atoms with van der Waals surface area (Å²) in [7, 11) is 0. The first-order valence-electron chi connectivity index (χ1n) is 6.00. The van der Waals surface area contributed by atoms with Crippen LogP contribution in [0.4, 0.5) is 14.5 Å². The smallest absolute Gasteiger partial charge is 0.261 e. The maximum atomic E-state index is 12.9. The summed E-state index contributed by atoms with van der Waals surface area (Å²) in [5, 5.41) is 0. The zero-order valence-electron chi connectivity index (χ0n) is 9.83. The van der Waals surface area contributed by atoms with Gasteiger partial charge in [0.2, 0.25) is 0 Å². The largest absolute Gasteiger partial charge is 0.399 e. The fourth-order valence-electron chi connectivity index (χ4n) is 2.19. The van der Waals surface area contributed by atoms with Gasteiger partial charge in [-0.1, -0.05) is 12.1 Å². The van der Waals surface area contributed by atoms with Crippen LogP contribution in [0.15, 0.2) is 24.3 Å². The molecule has 94 valence electrons. The molecule has 17 heavy (non-hydrogen) atoms. The van der Waals surface area contributed by atoms with Gasteiger partial charge in [-0.2, -0.15) is 0 Å². The van der Waals surface area contributed by atoms with Crippen molar-refractivity contribution in [3.8, 4) is 0 Å². The molecule has 1 aliphatic rings. The number of halogens is 2. The first-order chi connectivity index (χ1) is 8.05. The highest BCUT2D eigenvalue weighted by molar-refractivity contribution is 5.39. The van der Waals surface area contributed by atoms with E-state index in [0.717, 1.165) is 25.1 Å². The molecule has 1 aromatic rings. The number of aryl methyl sites for hydroxylation is 1. The minimum absolute atomic E-state index is 0.00880. The molecule has 2 nitrogen and oxygen atoms in total. The van der Waals surface area contributed by atoms with E-state index < -0.39 is 5.92 Å². The molecule has 0 saturated carbocycles. The Kier molecular flexibility index (Phi) is 3.62. The average molecular weight is 240 g/mol. The van der Waals surface area contributed by atoms with Crippen molar-refractivity contribution in [1.82, 2.24) is 4.90 Å². The molecule has 1 aromatic carbocycles. The van der Waals surface area contributed by atoms with Crippen LogP contribution in [0.3, 0.4) is 0 Å². The van der Waals surface area contributed by atoms with E-state index in [1.54, 1.807) is 0 Å². The van der Waals surface area contributed by atoms with Gasteiger partial charge in [-0.15, -0.1) is 0 Å². The summed E-state index contributed by atoms with van der Waals surface area (Å²) in [6, 6.07) is 7.74. The van der Waals surface area contributed by atoms with Crippen molar-refractivity contribution in [2.45, 2.75) is 25.2 Å². The number of alkyl halides is 2. The number of nitrogen functional groups attached to an aromatic ring is 1. The molecule has 0 atom stereocenters. The Hall–Kier alpha value is -1.16. The minimum atomic E-state index is -2.47. The van der Waals surface area contributed by atoms with Crippen LogP contribution < -0.4 is 5.73 Å². The fraction of sp³-hybridized carbons (Fsp3) is 0.538. The second-order valence-corrected chi connectivity index (χ2v) is 4.73. The highest BCUT2D eigenvalue weighted by Gasteiger charge is 2.37. The van der Waals surface area contributed by atoms with Crippen molar-refractivity contribution in [3.05, 3.63) is 29.8 Å². The van der Waals surface area contributed by atoms with E-state index in [4.69, 9.17) is 5.73 Å². The van der Waals surface area contributed by atoms with Gasteiger partial charge in [0.15, 0.2) is 0 Å². The van der Waals surface area contributed by atoms with Crippen molar-refractivity contribution in [1.29, 1.82) is 0 Å². The Balaban J connectivity index is 1.71. The second-order valence-electron chi connectivity index (χ2n) is 4.73. The lowest BCUT2D eigenvalue weighted by atomic mass is 10.1. The Labute approximate surface area is 100 Å². The molecule has 0 amide bonds. The number of hydrogen-bond donors (Lipinski definition) is 1. The molecule has 0 radical (unpaired) electrons. The monoisotopic (exact) mass is 240 g/mol. The summed E-state index contributed by atoms with van der Waals surface area (Å²) >= 11 is 0. The molecule has 1 saturated heterocycles. The van der Waals surface area contributed by atoms with Crippen molar-refractivity contribution in [3.63, 3.8) is 0 Å². The number of anilines is 1. The number of hydrogen-bond acceptors (Lipinski definition) is 2. The lowest BCUT2D eigenvalue weighted by molar-refractivity contribution is 0.0122. The molecular formula is C13H18F2N2. The highest BCUT2D eigenvalue weighted by Crippen LogP contribution is 2.26. The molecule has 1 fully saturated rings. The van der Waals surface area contributed by atoms with Crippen LogP contribution in [-0.2, 0) is 6.42 Å². The van der Waals surface area contributed by atoms with Crippen molar-refractivity contribution in [2.24, 2.45) is 0 Å². The molecule has 1 heterocycles. The third-order valence-corrected chi connectivity index (χ3v) is 3.17. The first kappa shape index (κ1) is 12.3. The van der Waals surface area contributed by atoms with Crippen LogP contribution in [0.25, 0.3) is 0 Å². The van der Waals surface area contributed by atoms with Crippen molar-refractivity contribution < 1.29 is 8.78 Å². The number of nitrogens with zero attached hydrogens (tertiary/aromatic N) is 1. The maximum absolute atomic E-state index is 12.9. The summed E-state index contributed by atoms with van der Waals surface area (Å²) in [5.41, 5.74) is 7.56. The van der Waals surface area contributed by atoms with E-state index in [-0.39, 0.29) is 13.0 Å². The van der Waals surface area contributed by atoms with Crippen LogP contribution in [-0.4, -0.2) is 30.5 Å². The van der Waals surface area contributed by atoms with E-state index in [1.807, 2.05) is 29.2 Å². The molecule has 0 aliphatic carbocycles.